The van der Waals surface area contributed by atoms with Crippen molar-refractivity contribution in [2.45, 2.75) is 11.3 Å². The van der Waals surface area contributed by atoms with Gasteiger partial charge in [0.05, 0.1) is 17.0 Å². The van der Waals surface area contributed by atoms with Crippen LogP contribution in [0.4, 0.5) is 4.39 Å². The summed E-state index contributed by atoms with van der Waals surface area (Å²) in [7, 11) is -0.718. The van der Waals surface area contributed by atoms with E-state index in [2.05, 4.69) is 11.8 Å². The van der Waals surface area contributed by atoms with E-state index in [9.17, 15) is 12.8 Å². The molecule has 0 saturated carbocycles. The minimum atomic E-state index is -3.71. The van der Waals surface area contributed by atoms with E-state index in [4.69, 9.17) is 10.5 Å². The number of rotatable bonds is 6. The Morgan fingerprint density at radius 1 is 1.43 bits per heavy atom. The number of benzene rings is 1. The number of sulfonamides is 1. The quantitative estimate of drug-likeness (QED) is 0.622. The third-order valence-corrected chi connectivity index (χ3v) is 4.65. The molecular formula is C14H19FN2O3S. The third kappa shape index (κ3) is 4.79. The molecule has 0 aliphatic carbocycles. The zero-order valence-corrected chi connectivity index (χ0v) is 12.9. The minimum absolute atomic E-state index is 0.0989. The van der Waals surface area contributed by atoms with Gasteiger partial charge < -0.3 is 10.5 Å². The number of halogens is 1. The van der Waals surface area contributed by atoms with E-state index in [-0.39, 0.29) is 17.0 Å². The fraction of sp³-hybridized carbons (Fsp3) is 0.429. The number of ether oxygens (including phenoxy) is 1. The van der Waals surface area contributed by atoms with Crippen molar-refractivity contribution >= 4 is 10.0 Å². The molecule has 0 aliphatic rings. The Morgan fingerprint density at radius 3 is 2.71 bits per heavy atom. The lowest BCUT2D eigenvalue weighted by Crippen LogP contribution is -2.28. The summed E-state index contributed by atoms with van der Waals surface area (Å²) in [6.45, 7) is 0.871. The van der Waals surface area contributed by atoms with Gasteiger partial charge in [-0.15, -0.1) is 0 Å². The van der Waals surface area contributed by atoms with Crippen molar-refractivity contribution < 1.29 is 17.5 Å². The molecule has 0 heterocycles. The normalized spacial score (nSPS) is 11.3. The first-order chi connectivity index (χ1) is 9.93. The monoisotopic (exact) mass is 314 g/mol. The van der Waals surface area contributed by atoms with Gasteiger partial charge in [-0.1, -0.05) is 11.8 Å². The second-order valence-electron chi connectivity index (χ2n) is 4.32. The second kappa shape index (κ2) is 8.10. The van der Waals surface area contributed by atoms with Crippen LogP contribution in [0, 0.1) is 17.7 Å². The van der Waals surface area contributed by atoms with E-state index in [1.807, 2.05) is 0 Å². The highest BCUT2D eigenvalue weighted by Gasteiger charge is 2.21. The first-order valence-electron chi connectivity index (χ1n) is 6.37. The van der Waals surface area contributed by atoms with E-state index >= 15 is 0 Å². The zero-order valence-electron chi connectivity index (χ0n) is 12.1. The molecule has 5 nitrogen and oxygen atoms in total. The highest BCUT2D eigenvalue weighted by atomic mass is 32.2. The first kappa shape index (κ1) is 17.6. The third-order valence-electron chi connectivity index (χ3n) is 2.80. The number of nitrogens with zero attached hydrogens (tertiary/aromatic N) is 1. The van der Waals surface area contributed by atoms with Gasteiger partial charge in [-0.25, -0.2) is 17.1 Å². The predicted molar refractivity (Wildman–Crippen MR) is 78.6 cm³/mol. The van der Waals surface area contributed by atoms with Gasteiger partial charge in [0, 0.05) is 27.3 Å². The summed E-state index contributed by atoms with van der Waals surface area (Å²) in [4.78, 5) is -0.0989. The number of hydrogen-bond donors (Lipinski definition) is 1. The van der Waals surface area contributed by atoms with Gasteiger partial charge in [-0.2, -0.15) is 0 Å². The van der Waals surface area contributed by atoms with Gasteiger partial charge in [0.2, 0.25) is 10.0 Å². The molecule has 21 heavy (non-hydrogen) atoms. The van der Waals surface area contributed by atoms with Crippen molar-refractivity contribution in [1.29, 1.82) is 0 Å². The van der Waals surface area contributed by atoms with Crippen LogP contribution in [0.5, 0.6) is 0 Å². The molecule has 2 N–H and O–H groups in total. The van der Waals surface area contributed by atoms with E-state index in [0.717, 1.165) is 6.07 Å². The Bertz CT molecular complexity index is 635. The van der Waals surface area contributed by atoms with Gasteiger partial charge in [-0.05, 0) is 24.6 Å². The maximum absolute atomic E-state index is 13.8. The van der Waals surface area contributed by atoms with Crippen molar-refractivity contribution in [1.82, 2.24) is 4.31 Å². The van der Waals surface area contributed by atoms with Gasteiger partial charge in [0.25, 0.3) is 0 Å². The number of methoxy groups -OCH3 is 1. The van der Waals surface area contributed by atoms with E-state index < -0.39 is 15.8 Å². The molecule has 0 aromatic heterocycles. The molecule has 0 fully saturated rings. The van der Waals surface area contributed by atoms with Gasteiger partial charge in [0.15, 0.2) is 0 Å². The van der Waals surface area contributed by atoms with Crippen LogP contribution < -0.4 is 5.73 Å². The molecule has 0 spiro atoms. The smallest absolute Gasteiger partial charge is 0.242 e. The maximum Gasteiger partial charge on any atom is 0.242 e. The van der Waals surface area contributed by atoms with Crippen LogP contribution in [0.3, 0.4) is 0 Å². The fourth-order valence-electron chi connectivity index (χ4n) is 1.64. The highest BCUT2D eigenvalue weighted by molar-refractivity contribution is 7.89. The van der Waals surface area contributed by atoms with Crippen molar-refractivity contribution in [3.05, 3.63) is 29.6 Å². The van der Waals surface area contributed by atoms with Crippen molar-refractivity contribution in [3.8, 4) is 11.8 Å². The molecule has 0 radical (unpaired) electrons. The van der Waals surface area contributed by atoms with Crippen molar-refractivity contribution in [3.63, 3.8) is 0 Å². The Hall–Kier alpha value is -1.46. The van der Waals surface area contributed by atoms with Gasteiger partial charge >= 0.3 is 0 Å². The number of nitrogens with two attached hydrogens (primary N) is 1. The molecular weight excluding hydrogens is 295 g/mol. The summed E-state index contributed by atoms with van der Waals surface area (Å²) in [5, 5.41) is 0. The van der Waals surface area contributed by atoms with E-state index in [0.29, 0.717) is 19.6 Å². The van der Waals surface area contributed by atoms with Gasteiger partial charge in [-0.3, -0.25) is 0 Å². The predicted octanol–water partition coefficient (Wildman–Crippen LogP) is 0.793. The zero-order chi connectivity index (χ0) is 15.9. The van der Waals surface area contributed by atoms with Crippen LogP contribution in [0.25, 0.3) is 0 Å². The first-order valence-corrected chi connectivity index (χ1v) is 7.81. The lowest BCUT2D eigenvalue weighted by Gasteiger charge is -2.17. The van der Waals surface area contributed by atoms with Crippen LogP contribution >= 0.6 is 0 Å². The van der Waals surface area contributed by atoms with Crippen LogP contribution in [0.15, 0.2) is 23.1 Å². The summed E-state index contributed by atoms with van der Waals surface area (Å²) < 4.78 is 44.4. The minimum Gasteiger partial charge on any atom is -0.385 e. The summed E-state index contributed by atoms with van der Waals surface area (Å²) in [5.41, 5.74) is 5.34. The molecule has 1 aromatic carbocycles. The Morgan fingerprint density at radius 2 is 2.14 bits per heavy atom. The average Bonchev–Trinajstić information content (AvgIpc) is 2.46. The molecule has 0 unspecified atom stereocenters. The molecule has 1 rings (SSSR count). The molecule has 7 heteroatoms. The van der Waals surface area contributed by atoms with Crippen LogP contribution in [-0.4, -0.2) is 46.6 Å². The summed E-state index contributed by atoms with van der Waals surface area (Å²) in [6.07, 6.45) is 0.564. The van der Waals surface area contributed by atoms with Crippen molar-refractivity contribution in [2.75, 3.05) is 33.9 Å². The Kier molecular flexibility index (Phi) is 6.78. The topological polar surface area (TPSA) is 72.6 Å². The molecule has 0 bridgehead atoms. The summed E-state index contributed by atoms with van der Waals surface area (Å²) in [5.74, 6) is 4.39. The molecule has 0 amide bonds. The fourth-order valence-corrected chi connectivity index (χ4v) is 2.86. The average molecular weight is 314 g/mol. The molecule has 0 saturated heterocycles. The van der Waals surface area contributed by atoms with Crippen LogP contribution in [-0.2, 0) is 14.8 Å². The largest absolute Gasteiger partial charge is 0.385 e. The van der Waals surface area contributed by atoms with Crippen molar-refractivity contribution in [2.24, 2.45) is 5.73 Å². The van der Waals surface area contributed by atoms with Crippen LogP contribution in [0.2, 0.25) is 0 Å². The SMILES string of the molecule is COCCCN(C)S(=O)(=O)c1ccc(C#CCN)c(F)c1. The second-order valence-corrected chi connectivity index (χ2v) is 6.37. The van der Waals surface area contributed by atoms with E-state index in [1.54, 1.807) is 7.11 Å². The summed E-state index contributed by atoms with van der Waals surface area (Å²) >= 11 is 0. The molecule has 1 aromatic rings. The summed E-state index contributed by atoms with van der Waals surface area (Å²) in [6, 6.07) is 3.66. The standard InChI is InChI=1S/C14H19FN2O3S/c1-17(9-4-10-20-2)21(18,19)13-7-6-12(5-3-8-16)14(15)11-13/h6-7,11H,4,8-10,16H2,1-2H3. The maximum atomic E-state index is 13.8. The Balaban J connectivity index is 2.96. The van der Waals surface area contributed by atoms with Gasteiger partial charge in [0.1, 0.15) is 5.82 Å². The van der Waals surface area contributed by atoms with E-state index in [1.165, 1.54) is 23.5 Å². The molecule has 0 atom stereocenters. The molecule has 0 aliphatic heterocycles. The Labute approximate surface area is 124 Å². The molecule has 116 valence electrons. The lowest BCUT2D eigenvalue weighted by molar-refractivity contribution is 0.189. The van der Waals surface area contributed by atoms with Crippen LogP contribution in [0.1, 0.15) is 12.0 Å². The lowest BCUT2D eigenvalue weighted by atomic mass is 10.2. The number of hydrogen-bond acceptors (Lipinski definition) is 4. The highest BCUT2D eigenvalue weighted by Crippen LogP contribution is 2.18.